The van der Waals surface area contributed by atoms with Crippen molar-refractivity contribution in [3.05, 3.63) is 11.8 Å². The molecule has 1 unspecified atom stereocenters. The van der Waals surface area contributed by atoms with Crippen molar-refractivity contribution in [2.45, 2.75) is 18.9 Å². The van der Waals surface area contributed by atoms with Gasteiger partial charge in [0.25, 0.3) is 0 Å². The van der Waals surface area contributed by atoms with Gasteiger partial charge >= 0.3 is 0 Å². The van der Waals surface area contributed by atoms with E-state index < -0.39 is 0 Å². The molecule has 0 aromatic carbocycles. The van der Waals surface area contributed by atoms with Gasteiger partial charge in [0.2, 0.25) is 0 Å². The lowest BCUT2D eigenvalue weighted by atomic mass is 10.1. The Balaban J connectivity index is 2.37. The minimum Gasteiger partial charge on any atom is -0.501 e. The topological polar surface area (TPSA) is 29.5 Å². The number of aliphatic hydroxyl groups is 1. The summed E-state index contributed by atoms with van der Waals surface area (Å²) in [4.78, 5) is 0. The summed E-state index contributed by atoms with van der Waals surface area (Å²) in [6, 6.07) is 0. The zero-order valence-corrected chi connectivity index (χ0v) is 7.56. The fraction of sp³-hybridized carbons (Fsp3) is 0.750. The van der Waals surface area contributed by atoms with Crippen LogP contribution in [0.2, 0.25) is 0 Å². The van der Waals surface area contributed by atoms with Crippen molar-refractivity contribution in [2.24, 2.45) is 0 Å². The van der Waals surface area contributed by atoms with Crippen LogP contribution in [0.1, 0.15) is 12.8 Å². The molecular weight excluding hydrogens is 160 g/mol. The van der Waals surface area contributed by atoms with E-state index in [-0.39, 0.29) is 6.10 Å². The monoisotopic (exact) mass is 174 g/mol. The molecule has 2 nitrogen and oxygen atoms in total. The van der Waals surface area contributed by atoms with Crippen LogP contribution in [-0.4, -0.2) is 29.8 Å². The SMILES string of the molecule is CSCC(O)C1=COCCC1. The van der Waals surface area contributed by atoms with Crippen LogP contribution in [0, 0.1) is 0 Å². The average Bonchev–Trinajstić information content (AvgIpc) is 2.07. The Morgan fingerprint density at radius 1 is 1.82 bits per heavy atom. The maximum absolute atomic E-state index is 9.50. The second-order valence-corrected chi connectivity index (χ2v) is 3.55. The Morgan fingerprint density at radius 2 is 2.64 bits per heavy atom. The molecule has 0 bridgehead atoms. The van der Waals surface area contributed by atoms with Crippen molar-refractivity contribution in [3.8, 4) is 0 Å². The van der Waals surface area contributed by atoms with Crippen molar-refractivity contribution < 1.29 is 9.84 Å². The molecule has 0 fully saturated rings. The van der Waals surface area contributed by atoms with E-state index in [1.54, 1.807) is 18.0 Å². The van der Waals surface area contributed by atoms with E-state index in [9.17, 15) is 5.11 Å². The van der Waals surface area contributed by atoms with Crippen molar-refractivity contribution in [1.29, 1.82) is 0 Å². The summed E-state index contributed by atoms with van der Waals surface area (Å²) in [6.45, 7) is 0.801. The Labute approximate surface area is 71.6 Å². The number of aliphatic hydroxyl groups excluding tert-OH is 1. The molecule has 64 valence electrons. The van der Waals surface area contributed by atoms with E-state index in [1.807, 2.05) is 6.26 Å². The first-order valence-corrected chi connectivity index (χ1v) is 5.21. The molecule has 1 N–H and O–H groups in total. The summed E-state index contributed by atoms with van der Waals surface area (Å²) < 4.78 is 5.12. The predicted molar refractivity (Wildman–Crippen MR) is 47.7 cm³/mol. The highest BCUT2D eigenvalue weighted by Gasteiger charge is 2.12. The molecule has 1 atom stereocenters. The van der Waals surface area contributed by atoms with E-state index >= 15 is 0 Å². The van der Waals surface area contributed by atoms with Crippen molar-refractivity contribution in [2.75, 3.05) is 18.6 Å². The maximum Gasteiger partial charge on any atom is 0.0876 e. The molecule has 0 saturated heterocycles. The molecule has 0 spiro atoms. The Kier molecular flexibility index (Phi) is 3.80. The second kappa shape index (κ2) is 4.67. The fourth-order valence-corrected chi connectivity index (χ4v) is 1.62. The Bertz CT molecular complexity index is 145. The van der Waals surface area contributed by atoms with Gasteiger partial charge in [0, 0.05) is 5.75 Å². The molecule has 3 heteroatoms. The third kappa shape index (κ3) is 2.75. The fourth-order valence-electron chi connectivity index (χ4n) is 1.09. The second-order valence-electron chi connectivity index (χ2n) is 2.64. The smallest absolute Gasteiger partial charge is 0.0876 e. The van der Waals surface area contributed by atoms with Gasteiger partial charge in [-0.05, 0) is 24.7 Å². The van der Waals surface area contributed by atoms with Crippen LogP contribution in [0.25, 0.3) is 0 Å². The molecule has 11 heavy (non-hydrogen) atoms. The van der Waals surface area contributed by atoms with Gasteiger partial charge in [0.05, 0.1) is 19.0 Å². The average molecular weight is 174 g/mol. The van der Waals surface area contributed by atoms with E-state index in [1.165, 1.54) is 0 Å². The molecular formula is C8H14O2S. The molecule has 0 aliphatic carbocycles. The highest BCUT2D eigenvalue weighted by molar-refractivity contribution is 7.98. The van der Waals surface area contributed by atoms with Gasteiger partial charge in [-0.3, -0.25) is 0 Å². The lowest BCUT2D eigenvalue weighted by Gasteiger charge is -2.17. The number of ether oxygens (including phenoxy) is 1. The first kappa shape index (κ1) is 8.94. The molecule has 0 aromatic rings. The quantitative estimate of drug-likeness (QED) is 0.701. The van der Waals surface area contributed by atoms with Gasteiger partial charge in [0.15, 0.2) is 0 Å². The third-order valence-electron chi connectivity index (χ3n) is 1.71. The minimum absolute atomic E-state index is 0.301. The summed E-state index contributed by atoms with van der Waals surface area (Å²) >= 11 is 1.66. The number of rotatable bonds is 3. The van der Waals surface area contributed by atoms with E-state index in [2.05, 4.69) is 0 Å². The third-order valence-corrected chi connectivity index (χ3v) is 2.36. The summed E-state index contributed by atoms with van der Waals surface area (Å²) in [6.07, 6.45) is 5.43. The summed E-state index contributed by atoms with van der Waals surface area (Å²) in [5, 5.41) is 9.50. The van der Waals surface area contributed by atoms with Crippen LogP contribution in [0.5, 0.6) is 0 Å². The molecule has 0 amide bonds. The normalized spacial score (nSPS) is 20.4. The van der Waals surface area contributed by atoms with Crippen molar-refractivity contribution in [3.63, 3.8) is 0 Å². The van der Waals surface area contributed by atoms with Crippen LogP contribution in [-0.2, 0) is 4.74 Å². The van der Waals surface area contributed by atoms with Crippen LogP contribution < -0.4 is 0 Å². The van der Waals surface area contributed by atoms with E-state index in [0.717, 1.165) is 30.8 Å². The van der Waals surface area contributed by atoms with Gasteiger partial charge in [-0.1, -0.05) is 0 Å². The highest BCUT2D eigenvalue weighted by atomic mass is 32.2. The maximum atomic E-state index is 9.50. The summed E-state index contributed by atoms with van der Waals surface area (Å²) in [5.41, 5.74) is 1.05. The van der Waals surface area contributed by atoms with Crippen LogP contribution in [0.4, 0.5) is 0 Å². The van der Waals surface area contributed by atoms with Gasteiger partial charge < -0.3 is 9.84 Å². The van der Waals surface area contributed by atoms with E-state index in [0.29, 0.717) is 0 Å². The molecule has 1 heterocycles. The van der Waals surface area contributed by atoms with Gasteiger partial charge in [-0.15, -0.1) is 0 Å². The molecule has 0 saturated carbocycles. The molecule has 1 rings (SSSR count). The lowest BCUT2D eigenvalue weighted by molar-refractivity contribution is 0.182. The van der Waals surface area contributed by atoms with Gasteiger partial charge in [0.1, 0.15) is 0 Å². The largest absolute Gasteiger partial charge is 0.501 e. The van der Waals surface area contributed by atoms with Gasteiger partial charge in [-0.2, -0.15) is 11.8 Å². The van der Waals surface area contributed by atoms with Crippen LogP contribution in [0.15, 0.2) is 11.8 Å². The first-order valence-electron chi connectivity index (χ1n) is 3.82. The first-order chi connectivity index (χ1) is 5.34. The summed E-state index contributed by atoms with van der Waals surface area (Å²) in [7, 11) is 0. The molecule has 1 aliphatic rings. The van der Waals surface area contributed by atoms with Crippen LogP contribution in [0.3, 0.4) is 0 Å². The van der Waals surface area contributed by atoms with Crippen LogP contribution >= 0.6 is 11.8 Å². The Morgan fingerprint density at radius 3 is 3.18 bits per heavy atom. The molecule has 1 aliphatic heterocycles. The van der Waals surface area contributed by atoms with E-state index in [4.69, 9.17) is 4.74 Å². The standard InChI is InChI=1S/C8H14O2S/c1-11-6-8(9)7-3-2-4-10-5-7/h5,8-9H,2-4,6H2,1H3. The predicted octanol–water partition coefficient (Wildman–Crippen LogP) is 1.40. The van der Waals surface area contributed by atoms with Gasteiger partial charge in [-0.25, -0.2) is 0 Å². The zero-order valence-electron chi connectivity index (χ0n) is 6.75. The molecule has 0 radical (unpaired) electrons. The highest BCUT2D eigenvalue weighted by Crippen LogP contribution is 2.17. The number of thioether (sulfide) groups is 1. The van der Waals surface area contributed by atoms with Crippen molar-refractivity contribution in [1.82, 2.24) is 0 Å². The Hall–Kier alpha value is -0.150. The number of hydrogen-bond donors (Lipinski definition) is 1. The number of hydrogen-bond acceptors (Lipinski definition) is 3. The summed E-state index contributed by atoms with van der Waals surface area (Å²) in [5.74, 6) is 0.773. The lowest BCUT2D eigenvalue weighted by Crippen LogP contribution is -2.16. The minimum atomic E-state index is -0.301. The molecule has 0 aromatic heterocycles. The van der Waals surface area contributed by atoms with Crippen molar-refractivity contribution >= 4 is 11.8 Å². The zero-order chi connectivity index (χ0) is 8.10.